The van der Waals surface area contributed by atoms with Crippen molar-refractivity contribution in [1.82, 2.24) is 15.0 Å². The molecule has 1 fully saturated rings. The van der Waals surface area contributed by atoms with Gasteiger partial charge >= 0.3 is 0 Å². The highest BCUT2D eigenvalue weighted by atomic mass is 15.1. The van der Waals surface area contributed by atoms with Crippen LogP contribution in [0.15, 0.2) is 6.33 Å². The maximum atomic E-state index is 5.50. The molecule has 1 saturated carbocycles. The Balaban J connectivity index is 1.95. The van der Waals surface area contributed by atoms with Gasteiger partial charge in [-0.3, -0.25) is 0 Å². The molecule has 1 aliphatic carbocycles. The lowest BCUT2D eigenvalue weighted by Crippen LogP contribution is -2.12. The molecule has 4 heteroatoms. The Hall–Kier alpha value is -1.19. The van der Waals surface area contributed by atoms with Gasteiger partial charge in [-0.15, -0.1) is 0 Å². The summed E-state index contributed by atoms with van der Waals surface area (Å²) in [6.45, 7) is 0. The molecule has 1 aliphatic rings. The molecule has 0 unspecified atom stereocenters. The molecule has 2 rings (SSSR count). The van der Waals surface area contributed by atoms with E-state index in [9.17, 15) is 0 Å². The predicted octanol–water partition coefficient (Wildman–Crippen LogP) is 1.58. The van der Waals surface area contributed by atoms with E-state index in [1.807, 2.05) is 0 Å². The van der Waals surface area contributed by atoms with E-state index in [2.05, 4.69) is 15.0 Å². The third-order valence-electron chi connectivity index (χ3n) is 2.84. The molecule has 14 heavy (non-hydrogen) atoms. The van der Waals surface area contributed by atoms with Gasteiger partial charge in [0.05, 0.1) is 0 Å². The second kappa shape index (κ2) is 4.35. The van der Waals surface area contributed by atoms with E-state index in [1.54, 1.807) is 0 Å². The molecular formula is C10H16N4. The smallest absolute Gasteiger partial charge is 0.223 e. The molecule has 0 amide bonds. The third kappa shape index (κ3) is 2.40. The first-order chi connectivity index (χ1) is 6.84. The zero-order chi connectivity index (χ0) is 9.80. The average Bonchev–Trinajstić information content (AvgIpc) is 2.19. The van der Waals surface area contributed by atoms with Gasteiger partial charge in [-0.05, 0) is 5.92 Å². The highest BCUT2D eigenvalue weighted by Gasteiger charge is 2.15. The fraction of sp³-hybridized carbons (Fsp3) is 0.700. The number of nitrogen functional groups attached to an aromatic ring is 1. The molecule has 0 aliphatic heterocycles. The Kier molecular flexibility index (Phi) is 2.91. The van der Waals surface area contributed by atoms with Gasteiger partial charge in [0.2, 0.25) is 5.95 Å². The zero-order valence-electron chi connectivity index (χ0n) is 8.32. The van der Waals surface area contributed by atoms with Gasteiger partial charge in [0.15, 0.2) is 0 Å². The number of nitrogens with two attached hydrogens (primary N) is 1. The minimum absolute atomic E-state index is 0.339. The van der Waals surface area contributed by atoms with E-state index in [0.717, 1.165) is 18.2 Å². The summed E-state index contributed by atoms with van der Waals surface area (Å²) in [5.74, 6) is 1.95. The second-order valence-corrected chi connectivity index (χ2v) is 3.97. The van der Waals surface area contributed by atoms with E-state index < -0.39 is 0 Å². The van der Waals surface area contributed by atoms with Crippen LogP contribution < -0.4 is 5.73 Å². The van der Waals surface area contributed by atoms with Crippen LogP contribution in [0.5, 0.6) is 0 Å². The van der Waals surface area contributed by atoms with Crippen LogP contribution in [0.1, 0.15) is 37.9 Å². The van der Waals surface area contributed by atoms with Crippen molar-refractivity contribution in [2.45, 2.75) is 38.5 Å². The van der Waals surface area contributed by atoms with Crippen LogP contribution in [0.3, 0.4) is 0 Å². The Morgan fingerprint density at radius 1 is 1.21 bits per heavy atom. The van der Waals surface area contributed by atoms with E-state index in [-0.39, 0.29) is 0 Å². The molecule has 0 spiro atoms. The van der Waals surface area contributed by atoms with Crippen molar-refractivity contribution in [3.05, 3.63) is 12.2 Å². The minimum Gasteiger partial charge on any atom is -0.368 e. The quantitative estimate of drug-likeness (QED) is 0.772. The molecule has 2 N–H and O–H groups in total. The molecule has 1 aromatic heterocycles. The van der Waals surface area contributed by atoms with Crippen molar-refractivity contribution in [2.75, 3.05) is 5.73 Å². The van der Waals surface area contributed by atoms with Crippen LogP contribution in [0.4, 0.5) is 5.95 Å². The first-order valence-corrected chi connectivity index (χ1v) is 5.28. The summed E-state index contributed by atoms with van der Waals surface area (Å²) in [4.78, 5) is 12.0. The highest BCUT2D eigenvalue weighted by Crippen LogP contribution is 2.25. The number of rotatable bonds is 2. The van der Waals surface area contributed by atoms with Gasteiger partial charge in [-0.1, -0.05) is 32.1 Å². The van der Waals surface area contributed by atoms with E-state index in [0.29, 0.717) is 5.95 Å². The first-order valence-electron chi connectivity index (χ1n) is 5.28. The average molecular weight is 192 g/mol. The van der Waals surface area contributed by atoms with Gasteiger partial charge in [-0.25, -0.2) is 9.97 Å². The van der Waals surface area contributed by atoms with Crippen LogP contribution in [0, 0.1) is 5.92 Å². The summed E-state index contributed by atoms with van der Waals surface area (Å²) < 4.78 is 0. The Morgan fingerprint density at radius 3 is 2.71 bits per heavy atom. The molecule has 0 saturated heterocycles. The van der Waals surface area contributed by atoms with Crippen molar-refractivity contribution in [3.8, 4) is 0 Å². The Bertz CT molecular complexity index is 294. The van der Waals surface area contributed by atoms with E-state index in [1.165, 1.54) is 38.4 Å². The standard InChI is InChI=1S/C10H16N4/c11-10-13-7-12-9(14-10)6-8-4-2-1-3-5-8/h7-8H,1-6H2,(H2,11,12,13,14). The lowest BCUT2D eigenvalue weighted by molar-refractivity contribution is 0.351. The van der Waals surface area contributed by atoms with E-state index in [4.69, 9.17) is 5.73 Å². The maximum absolute atomic E-state index is 5.50. The Morgan fingerprint density at radius 2 is 2.00 bits per heavy atom. The van der Waals surface area contributed by atoms with Crippen molar-refractivity contribution in [1.29, 1.82) is 0 Å². The molecule has 0 aromatic carbocycles. The number of hydrogen-bond acceptors (Lipinski definition) is 4. The topological polar surface area (TPSA) is 64.7 Å². The van der Waals surface area contributed by atoms with Crippen LogP contribution in [0.2, 0.25) is 0 Å². The summed E-state index contributed by atoms with van der Waals surface area (Å²) in [5.41, 5.74) is 5.50. The van der Waals surface area contributed by atoms with E-state index >= 15 is 0 Å². The molecule has 0 atom stereocenters. The molecule has 0 bridgehead atoms. The highest BCUT2D eigenvalue weighted by molar-refractivity contribution is 5.12. The number of aromatic nitrogens is 3. The molecule has 0 radical (unpaired) electrons. The summed E-state index contributed by atoms with van der Waals surface area (Å²) in [7, 11) is 0. The molecular weight excluding hydrogens is 176 g/mol. The van der Waals surface area contributed by atoms with Gasteiger partial charge in [0.1, 0.15) is 12.2 Å². The second-order valence-electron chi connectivity index (χ2n) is 3.97. The molecule has 1 heterocycles. The fourth-order valence-electron chi connectivity index (χ4n) is 2.09. The van der Waals surface area contributed by atoms with Crippen molar-refractivity contribution in [3.63, 3.8) is 0 Å². The summed E-state index contributed by atoms with van der Waals surface area (Å²) in [5, 5.41) is 0. The predicted molar refractivity (Wildman–Crippen MR) is 54.5 cm³/mol. The van der Waals surface area contributed by atoms with Crippen molar-refractivity contribution < 1.29 is 0 Å². The molecule has 76 valence electrons. The minimum atomic E-state index is 0.339. The van der Waals surface area contributed by atoms with Crippen molar-refractivity contribution in [2.24, 2.45) is 5.92 Å². The molecule has 4 nitrogen and oxygen atoms in total. The van der Waals surface area contributed by atoms with Crippen LogP contribution in [0.25, 0.3) is 0 Å². The third-order valence-corrected chi connectivity index (χ3v) is 2.84. The number of hydrogen-bond donors (Lipinski definition) is 1. The summed E-state index contributed by atoms with van der Waals surface area (Å²) in [6, 6.07) is 0. The normalized spacial score (nSPS) is 18.3. The summed E-state index contributed by atoms with van der Waals surface area (Å²) in [6.07, 6.45) is 9.18. The number of nitrogens with zero attached hydrogens (tertiary/aromatic N) is 3. The zero-order valence-corrected chi connectivity index (χ0v) is 8.32. The lowest BCUT2D eigenvalue weighted by atomic mass is 9.87. The molecule has 1 aromatic rings. The fourth-order valence-corrected chi connectivity index (χ4v) is 2.09. The Labute approximate surface area is 84.0 Å². The van der Waals surface area contributed by atoms with Crippen LogP contribution in [-0.2, 0) is 6.42 Å². The maximum Gasteiger partial charge on any atom is 0.223 e. The van der Waals surface area contributed by atoms with Gasteiger partial charge in [-0.2, -0.15) is 4.98 Å². The number of anilines is 1. The largest absolute Gasteiger partial charge is 0.368 e. The van der Waals surface area contributed by atoms with Crippen LogP contribution in [-0.4, -0.2) is 15.0 Å². The monoisotopic (exact) mass is 192 g/mol. The summed E-state index contributed by atoms with van der Waals surface area (Å²) >= 11 is 0. The lowest BCUT2D eigenvalue weighted by Gasteiger charge is -2.20. The van der Waals surface area contributed by atoms with Gasteiger partial charge in [0.25, 0.3) is 0 Å². The van der Waals surface area contributed by atoms with Crippen LogP contribution >= 0.6 is 0 Å². The van der Waals surface area contributed by atoms with Gasteiger partial charge < -0.3 is 5.73 Å². The first kappa shape index (κ1) is 9.37. The van der Waals surface area contributed by atoms with Crippen molar-refractivity contribution >= 4 is 5.95 Å². The van der Waals surface area contributed by atoms with Gasteiger partial charge in [0, 0.05) is 6.42 Å². The SMILES string of the molecule is Nc1ncnc(CC2CCCCC2)n1.